The molecule has 14 heavy (non-hydrogen) atoms. The van der Waals surface area contributed by atoms with Crippen LogP contribution in [0.2, 0.25) is 0 Å². The minimum atomic E-state index is 0.541. The van der Waals surface area contributed by atoms with E-state index in [1.165, 1.54) is 38.5 Å². The Balaban J connectivity index is 2.60. The maximum atomic E-state index is 2.42. The Morgan fingerprint density at radius 2 is 1.00 bits per heavy atom. The van der Waals surface area contributed by atoms with Gasteiger partial charge in [-0.25, -0.2) is 0 Å². The van der Waals surface area contributed by atoms with Crippen LogP contribution in [-0.4, -0.2) is 0 Å². The molecule has 0 heterocycles. The summed E-state index contributed by atoms with van der Waals surface area (Å²) in [7, 11) is 0. The lowest BCUT2D eigenvalue weighted by atomic mass is 9.74. The van der Waals surface area contributed by atoms with Crippen LogP contribution in [0.5, 0.6) is 0 Å². The van der Waals surface area contributed by atoms with Crippen LogP contribution < -0.4 is 0 Å². The van der Waals surface area contributed by atoms with E-state index in [4.69, 9.17) is 0 Å². The largest absolute Gasteiger partial charge is 0.0885 e. The Hall–Kier alpha value is -0.260. The first kappa shape index (κ1) is 11.8. The fourth-order valence-electron chi connectivity index (χ4n) is 2.11. The van der Waals surface area contributed by atoms with Crippen molar-refractivity contribution >= 4 is 0 Å². The molecule has 0 N–H and O–H groups in total. The third kappa shape index (κ3) is 4.30. The van der Waals surface area contributed by atoms with Crippen LogP contribution in [0.4, 0.5) is 0 Å². The van der Waals surface area contributed by atoms with E-state index in [9.17, 15) is 0 Å². The summed E-state index contributed by atoms with van der Waals surface area (Å²) >= 11 is 0. The van der Waals surface area contributed by atoms with Crippen LogP contribution in [0, 0.1) is 10.8 Å². The zero-order valence-corrected chi connectivity index (χ0v) is 10.4. The van der Waals surface area contributed by atoms with E-state index < -0.39 is 0 Å². The monoisotopic (exact) mass is 194 g/mol. The van der Waals surface area contributed by atoms with Crippen molar-refractivity contribution in [3.63, 3.8) is 0 Å². The van der Waals surface area contributed by atoms with Gasteiger partial charge >= 0.3 is 0 Å². The van der Waals surface area contributed by atoms with Crippen molar-refractivity contribution in [1.82, 2.24) is 0 Å². The van der Waals surface area contributed by atoms with Gasteiger partial charge in [0.15, 0.2) is 0 Å². The molecule has 0 radical (unpaired) electrons. The molecule has 0 spiro atoms. The molecule has 1 rings (SSSR count). The van der Waals surface area contributed by atoms with Gasteiger partial charge in [0.1, 0.15) is 0 Å². The molecule has 0 saturated heterocycles. The summed E-state index contributed by atoms with van der Waals surface area (Å²) in [6, 6.07) is 0. The van der Waals surface area contributed by atoms with E-state index in [0.717, 1.165) is 0 Å². The first-order valence-corrected chi connectivity index (χ1v) is 6.06. The van der Waals surface area contributed by atoms with E-state index in [1.807, 2.05) is 0 Å². The van der Waals surface area contributed by atoms with Crippen LogP contribution in [0.25, 0.3) is 0 Å². The number of hydrogen-bond donors (Lipinski definition) is 0. The minimum absolute atomic E-state index is 0.541. The van der Waals surface area contributed by atoms with Gasteiger partial charge in [-0.05, 0) is 49.4 Å². The van der Waals surface area contributed by atoms with E-state index in [0.29, 0.717) is 10.8 Å². The second kappa shape index (κ2) is 4.51. The maximum Gasteiger partial charge on any atom is -0.0346 e. The molecule has 0 bridgehead atoms. The van der Waals surface area contributed by atoms with E-state index in [-0.39, 0.29) is 0 Å². The highest BCUT2D eigenvalue weighted by Crippen LogP contribution is 2.37. The second-order valence-corrected chi connectivity index (χ2v) is 6.38. The average Bonchev–Trinajstić information content (AvgIpc) is 2.08. The third-order valence-electron chi connectivity index (χ3n) is 3.62. The molecule has 0 saturated carbocycles. The summed E-state index contributed by atoms with van der Waals surface area (Å²) in [5.74, 6) is 0. The lowest BCUT2D eigenvalue weighted by Gasteiger charge is -2.31. The predicted octanol–water partition coefficient (Wildman–Crippen LogP) is 4.95. The molecule has 0 atom stereocenters. The quantitative estimate of drug-likeness (QED) is 0.479. The zero-order valence-electron chi connectivity index (χ0n) is 10.4. The van der Waals surface area contributed by atoms with Crippen LogP contribution in [0.15, 0.2) is 12.2 Å². The summed E-state index contributed by atoms with van der Waals surface area (Å²) in [5, 5.41) is 0. The Kier molecular flexibility index (Phi) is 3.80. The minimum Gasteiger partial charge on any atom is -0.0885 e. The van der Waals surface area contributed by atoms with Gasteiger partial charge in [-0.1, -0.05) is 39.8 Å². The normalized spacial score (nSPS) is 29.4. The summed E-state index contributed by atoms with van der Waals surface area (Å²) < 4.78 is 0. The highest BCUT2D eigenvalue weighted by atomic mass is 14.3. The first-order valence-electron chi connectivity index (χ1n) is 6.06. The number of hydrogen-bond acceptors (Lipinski definition) is 0. The van der Waals surface area contributed by atoms with Crippen LogP contribution >= 0.6 is 0 Å². The van der Waals surface area contributed by atoms with Gasteiger partial charge in [-0.3, -0.25) is 0 Å². The van der Waals surface area contributed by atoms with Crippen LogP contribution in [0.3, 0.4) is 0 Å². The lowest BCUT2D eigenvalue weighted by molar-refractivity contribution is 0.216. The van der Waals surface area contributed by atoms with E-state index in [1.54, 1.807) is 0 Å². The summed E-state index contributed by atoms with van der Waals surface area (Å²) in [6.45, 7) is 9.66. The Morgan fingerprint density at radius 3 is 1.36 bits per heavy atom. The van der Waals surface area contributed by atoms with Crippen molar-refractivity contribution in [2.75, 3.05) is 0 Å². The lowest BCUT2D eigenvalue weighted by Crippen LogP contribution is -2.18. The fraction of sp³-hybridized carbons (Fsp3) is 0.857. The standard InChI is InChI=1S/C14H26/c1-13(2)9-7-5-6-8-10-14(3,4)12-11-13/h5-6H,7-12H2,1-4H3/b6-5-. The number of allylic oxidation sites excluding steroid dienone is 2. The summed E-state index contributed by atoms with van der Waals surface area (Å²) in [4.78, 5) is 0. The molecule has 0 fully saturated rings. The molecule has 0 amide bonds. The molecule has 0 aromatic carbocycles. The SMILES string of the molecule is CC1(C)CC/C=C\CCC(C)(C)CC1. The van der Waals surface area contributed by atoms with Gasteiger partial charge in [-0.2, -0.15) is 0 Å². The van der Waals surface area contributed by atoms with Crippen LogP contribution in [0.1, 0.15) is 66.2 Å². The van der Waals surface area contributed by atoms with Gasteiger partial charge < -0.3 is 0 Å². The van der Waals surface area contributed by atoms with E-state index >= 15 is 0 Å². The smallest absolute Gasteiger partial charge is 0.0346 e. The second-order valence-electron chi connectivity index (χ2n) is 6.38. The zero-order chi connectivity index (χ0) is 10.7. The number of rotatable bonds is 0. The molecule has 0 aromatic heterocycles. The highest BCUT2D eigenvalue weighted by molar-refractivity contribution is 4.88. The van der Waals surface area contributed by atoms with Gasteiger partial charge in [0.2, 0.25) is 0 Å². The molecule has 1 aliphatic carbocycles. The molecule has 0 aliphatic heterocycles. The van der Waals surface area contributed by atoms with Crippen molar-refractivity contribution in [3.8, 4) is 0 Å². The molecular weight excluding hydrogens is 168 g/mol. The van der Waals surface area contributed by atoms with Gasteiger partial charge in [-0.15, -0.1) is 0 Å². The van der Waals surface area contributed by atoms with Crippen molar-refractivity contribution in [2.24, 2.45) is 10.8 Å². The van der Waals surface area contributed by atoms with Crippen molar-refractivity contribution < 1.29 is 0 Å². The molecule has 1 aliphatic rings. The molecular formula is C14H26. The average molecular weight is 194 g/mol. The predicted molar refractivity (Wildman–Crippen MR) is 64.4 cm³/mol. The first-order chi connectivity index (χ1) is 6.41. The third-order valence-corrected chi connectivity index (χ3v) is 3.62. The van der Waals surface area contributed by atoms with Gasteiger partial charge in [0, 0.05) is 0 Å². The summed E-state index contributed by atoms with van der Waals surface area (Å²) in [5.41, 5.74) is 1.08. The maximum absolute atomic E-state index is 2.42. The van der Waals surface area contributed by atoms with Crippen molar-refractivity contribution in [3.05, 3.63) is 12.2 Å². The molecule has 0 nitrogen and oxygen atoms in total. The molecule has 0 heteroatoms. The highest BCUT2D eigenvalue weighted by Gasteiger charge is 2.23. The van der Waals surface area contributed by atoms with E-state index in [2.05, 4.69) is 39.8 Å². The van der Waals surface area contributed by atoms with Crippen molar-refractivity contribution in [2.45, 2.75) is 66.2 Å². The summed E-state index contributed by atoms with van der Waals surface area (Å²) in [6.07, 6.45) is 12.8. The fourth-order valence-corrected chi connectivity index (χ4v) is 2.11. The Labute approximate surface area is 89.8 Å². The topological polar surface area (TPSA) is 0 Å². The van der Waals surface area contributed by atoms with Gasteiger partial charge in [0.05, 0.1) is 0 Å². The Bertz CT molecular complexity index is 174. The molecule has 82 valence electrons. The van der Waals surface area contributed by atoms with Crippen molar-refractivity contribution in [1.29, 1.82) is 0 Å². The molecule has 0 unspecified atom stereocenters. The van der Waals surface area contributed by atoms with Gasteiger partial charge in [0.25, 0.3) is 0 Å². The molecule has 0 aromatic rings. The Morgan fingerprint density at radius 1 is 0.643 bits per heavy atom. The van der Waals surface area contributed by atoms with Crippen LogP contribution in [-0.2, 0) is 0 Å².